The van der Waals surface area contributed by atoms with Crippen molar-refractivity contribution in [2.45, 2.75) is 0 Å². The second-order valence-electron chi connectivity index (χ2n) is 6.25. The number of hydrazone groups is 1. The van der Waals surface area contributed by atoms with E-state index in [9.17, 15) is 9.18 Å². The Morgan fingerprint density at radius 3 is 2.57 bits per heavy atom. The van der Waals surface area contributed by atoms with Crippen LogP contribution in [-0.4, -0.2) is 24.2 Å². The van der Waals surface area contributed by atoms with Gasteiger partial charge in [0.25, 0.3) is 5.91 Å². The van der Waals surface area contributed by atoms with Gasteiger partial charge in [0.2, 0.25) is 5.13 Å². The molecule has 0 atom stereocenters. The van der Waals surface area contributed by atoms with Crippen molar-refractivity contribution in [3.05, 3.63) is 88.1 Å². The average Bonchev–Trinajstić information content (AvgIpc) is 3.18. The molecule has 0 aliphatic heterocycles. The molecule has 0 N–H and O–H groups in total. The Bertz CT molecular complexity index is 1220. The Morgan fingerprint density at radius 2 is 1.87 bits per heavy atom. The summed E-state index contributed by atoms with van der Waals surface area (Å²) in [5, 5.41) is 6.05. The lowest BCUT2D eigenvalue weighted by atomic mass is 10.2. The predicted octanol–water partition coefficient (Wildman–Crippen LogP) is 5.89. The van der Waals surface area contributed by atoms with Crippen LogP contribution >= 0.6 is 27.3 Å². The molecule has 30 heavy (non-hydrogen) atoms. The molecule has 150 valence electrons. The molecule has 5 nitrogen and oxygen atoms in total. The number of carbonyl (C=O) groups excluding carboxylic acids is 1. The van der Waals surface area contributed by atoms with Crippen molar-refractivity contribution in [2.24, 2.45) is 5.10 Å². The van der Waals surface area contributed by atoms with Gasteiger partial charge in [-0.05, 0) is 60.2 Å². The topological polar surface area (TPSA) is 54.8 Å². The number of aromatic nitrogens is 1. The number of benzene rings is 3. The number of amides is 1. The second-order valence-corrected chi connectivity index (χ2v) is 8.17. The van der Waals surface area contributed by atoms with E-state index < -0.39 is 0 Å². The molecule has 0 bridgehead atoms. The van der Waals surface area contributed by atoms with Gasteiger partial charge in [0.05, 0.1) is 23.5 Å². The van der Waals surface area contributed by atoms with Crippen molar-refractivity contribution in [3.63, 3.8) is 0 Å². The summed E-state index contributed by atoms with van der Waals surface area (Å²) in [5.41, 5.74) is 1.86. The van der Waals surface area contributed by atoms with Crippen LogP contribution in [0.4, 0.5) is 9.52 Å². The molecule has 0 saturated carbocycles. The number of methoxy groups -OCH3 is 1. The lowest BCUT2D eigenvalue weighted by molar-refractivity contribution is 0.0988. The first-order valence-corrected chi connectivity index (χ1v) is 10.5. The van der Waals surface area contributed by atoms with Gasteiger partial charge in [0, 0.05) is 10.0 Å². The zero-order valence-corrected chi connectivity index (χ0v) is 18.2. The molecule has 4 rings (SSSR count). The van der Waals surface area contributed by atoms with E-state index in [1.54, 1.807) is 43.5 Å². The number of anilines is 1. The standard InChI is InChI=1S/C22H15BrFN3O2S/c1-29-18-10-11-19-20(12-18)30-22(26-19)27(21(28)15-4-6-16(23)7-5-15)25-13-14-2-8-17(24)9-3-14/h2-13H,1H3/b25-13+. The van der Waals surface area contributed by atoms with Crippen LogP contribution in [0.3, 0.4) is 0 Å². The fourth-order valence-corrected chi connectivity index (χ4v) is 3.90. The van der Waals surface area contributed by atoms with E-state index in [0.29, 0.717) is 22.0 Å². The Labute approximate surface area is 184 Å². The molecule has 1 heterocycles. The van der Waals surface area contributed by atoms with E-state index in [1.807, 2.05) is 18.2 Å². The van der Waals surface area contributed by atoms with Gasteiger partial charge in [-0.1, -0.05) is 39.4 Å². The number of thiazole rings is 1. The summed E-state index contributed by atoms with van der Waals surface area (Å²) < 4.78 is 20.2. The van der Waals surface area contributed by atoms with Gasteiger partial charge in [0.15, 0.2) is 0 Å². The maximum Gasteiger partial charge on any atom is 0.280 e. The number of carbonyl (C=O) groups is 1. The second kappa shape index (κ2) is 8.73. The Kier molecular flexibility index (Phi) is 5.87. The number of halogens is 2. The van der Waals surface area contributed by atoms with Gasteiger partial charge in [-0.3, -0.25) is 4.79 Å². The van der Waals surface area contributed by atoms with Crippen LogP contribution in [0.15, 0.2) is 76.3 Å². The predicted molar refractivity (Wildman–Crippen MR) is 121 cm³/mol. The van der Waals surface area contributed by atoms with Gasteiger partial charge in [-0.2, -0.15) is 10.1 Å². The molecule has 0 radical (unpaired) electrons. The highest BCUT2D eigenvalue weighted by Crippen LogP contribution is 2.32. The third-order valence-corrected chi connectivity index (χ3v) is 5.76. The highest BCUT2D eigenvalue weighted by atomic mass is 79.9. The fraction of sp³-hybridized carbons (Fsp3) is 0.0455. The summed E-state index contributed by atoms with van der Waals surface area (Å²) in [6.07, 6.45) is 1.50. The van der Waals surface area contributed by atoms with E-state index in [1.165, 1.54) is 34.7 Å². The summed E-state index contributed by atoms with van der Waals surface area (Å²) in [5.74, 6) is 0.0419. The first-order valence-electron chi connectivity index (χ1n) is 8.87. The van der Waals surface area contributed by atoms with Crippen LogP contribution in [0.5, 0.6) is 5.75 Å². The molecule has 0 fully saturated rings. The lowest BCUT2D eigenvalue weighted by Gasteiger charge is -2.14. The Hall–Kier alpha value is -3.10. The highest BCUT2D eigenvalue weighted by molar-refractivity contribution is 9.10. The quantitative estimate of drug-likeness (QED) is 0.262. The lowest BCUT2D eigenvalue weighted by Crippen LogP contribution is -2.25. The van der Waals surface area contributed by atoms with E-state index in [0.717, 1.165) is 14.7 Å². The minimum absolute atomic E-state index is 0.327. The van der Waals surface area contributed by atoms with E-state index in [4.69, 9.17) is 4.74 Å². The molecule has 4 aromatic rings. The number of ether oxygens (including phenoxy) is 1. The summed E-state index contributed by atoms with van der Waals surface area (Å²) in [7, 11) is 1.60. The highest BCUT2D eigenvalue weighted by Gasteiger charge is 2.21. The minimum Gasteiger partial charge on any atom is -0.497 e. The van der Waals surface area contributed by atoms with Crippen LogP contribution in [0.25, 0.3) is 10.2 Å². The maximum absolute atomic E-state index is 13.2. The van der Waals surface area contributed by atoms with Crippen molar-refractivity contribution in [1.82, 2.24) is 4.98 Å². The van der Waals surface area contributed by atoms with Gasteiger partial charge in [-0.15, -0.1) is 0 Å². The average molecular weight is 484 g/mol. The molecular weight excluding hydrogens is 469 g/mol. The van der Waals surface area contributed by atoms with E-state index in [2.05, 4.69) is 26.0 Å². The molecule has 0 aliphatic carbocycles. The number of rotatable bonds is 5. The molecule has 3 aromatic carbocycles. The zero-order valence-electron chi connectivity index (χ0n) is 15.8. The molecule has 0 spiro atoms. The largest absolute Gasteiger partial charge is 0.497 e. The molecule has 1 aromatic heterocycles. The summed E-state index contributed by atoms with van der Waals surface area (Å²) >= 11 is 4.70. The van der Waals surface area contributed by atoms with Crippen molar-refractivity contribution < 1.29 is 13.9 Å². The fourth-order valence-electron chi connectivity index (χ4n) is 2.69. The third kappa shape index (κ3) is 4.39. The molecule has 0 saturated heterocycles. The van der Waals surface area contributed by atoms with Crippen LogP contribution in [0.2, 0.25) is 0 Å². The Balaban J connectivity index is 1.75. The number of hydrogen-bond acceptors (Lipinski definition) is 5. The SMILES string of the molecule is COc1ccc2nc(N(/N=C/c3ccc(F)cc3)C(=O)c3ccc(Br)cc3)sc2c1. The van der Waals surface area contributed by atoms with Gasteiger partial charge in [-0.25, -0.2) is 9.37 Å². The number of fused-ring (bicyclic) bond motifs is 1. The minimum atomic E-state index is -0.338. The first kappa shape index (κ1) is 20.2. The normalized spacial score (nSPS) is 11.2. The summed E-state index contributed by atoms with van der Waals surface area (Å²) in [6, 6.07) is 18.4. The van der Waals surface area contributed by atoms with E-state index in [-0.39, 0.29) is 11.7 Å². The van der Waals surface area contributed by atoms with Crippen LogP contribution in [0.1, 0.15) is 15.9 Å². The number of nitrogens with zero attached hydrogens (tertiary/aromatic N) is 3. The molecular formula is C22H15BrFN3O2S. The Morgan fingerprint density at radius 1 is 1.13 bits per heavy atom. The van der Waals surface area contributed by atoms with E-state index >= 15 is 0 Å². The molecule has 0 unspecified atom stereocenters. The summed E-state index contributed by atoms with van der Waals surface area (Å²) in [4.78, 5) is 17.8. The van der Waals surface area contributed by atoms with Gasteiger partial charge < -0.3 is 4.74 Å². The van der Waals surface area contributed by atoms with Crippen molar-refractivity contribution in [2.75, 3.05) is 12.1 Å². The maximum atomic E-state index is 13.2. The zero-order chi connectivity index (χ0) is 21.1. The first-order chi connectivity index (χ1) is 14.5. The van der Waals surface area contributed by atoms with Gasteiger partial charge >= 0.3 is 0 Å². The van der Waals surface area contributed by atoms with Crippen LogP contribution in [-0.2, 0) is 0 Å². The van der Waals surface area contributed by atoms with Gasteiger partial charge in [0.1, 0.15) is 11.6 Å². The molecule has 8 heteroatoms. The molecule has 1 amide bonds. The summed E-state index contributed by atoms with van der Waals surface area (Å²) in [6.45, 7) is 0. The smallest absolute Gasteiger partial charge is 0.280 e. The van der Waals surface area contributed by atoms with Crippen LogP contribution < -0.4 is 9.75 Å². The van der Waals surface area contributed by atoms with Crippen LogP contribution in [0, 0.1) is 5.82 Å². The third-order valence-electron chi connectivity index (χ3n) is 4.24. The van der Waals surface area contributed by atoms with Crippen molar-refractivity contribution >= 4 is 54.7 Å². The van der Waals surface area contributed by atoms with Crippen molar-refractivity contribution in [1.29, 1.82) is 0 Å². The monoisotopic (exact) mass is 483 g/mol. The van der Waals surface area contributed by atoms with Crippen molar-refractivity contribution in [3.8, 4) is 5.75 Å². The number of hydrogen-bond donors (Lipinski definition) is 0. The molecule has 0 aliphatic rings.